The van der Waals surface area contributed by atoms with E-state index in [0.717, 1.165) is 24.1 Å². The minimum absolute atomic E-state index is 0.237. The molecule has 0 aliphatic heterocycles. The molecule has 1 aliphatic carbocycles. The van der Waals surface area contributed by atoms with E-state index in [1.54, 1.807) is 0 Å². The number of fused-ring (bicyclic) bond motifs is 1. The topological polar surface area (TPSA) is 65.4 Å². The van der Waals surface area contributed by atoms with Crippen molar-refractivity contribution < 1.29 is 14.3 Å². The molecule has 2 aromatic heterocycles. The van der Waals surface area contributed by atoms with Crippen molar-refractivity contribution in [2.75, 3.05) is 13.7 Å². The number of carbonyl (C=O) groups is 1. The Kier molecular flexibility index (Phi) is 5.04. The van der Waals surface area contributed by atoms with Crippen LogP contribution in [0.2, 0.25) is 0 Å². The number of nitrogens with one attached hydrogen (secondary N) is 1. The highest BCUT2D eigenvalue weighted by atomic mass is 16.5. The van der Waals surface area contributed by atoms with Crippen molar-refractivity contribution in [1.29, 1.82) is 0 Å². The number of ether oxygens (including phenoxy) is 2. The lowest BCUT2D eigenvalue weighted by atomic mass is 10.2. The monoisotopic (exact) mass is 331 g/mol. The zero-order valence-corrected chi connectivity index (χ0v) is 14.6. The number of pyridine rings is 1. The molecule has 1 aliphatic rings. The van der Waals surface area contributed by atoms with E-state index in [2.05, 4.69) is 10.3 Å². The Morgan fingerprint density at radius 1 is 1.38 bits per heavy atom. The average Bonchev–Trinajstić information content (AvgIpc) is 3.16. The zero-order chi connectivity index (χ0) is 17.1. The van der Waals surface area contributed by atoms with Crippen molar-refractivity contribution in [1.82, 2.24) is 14.9 Å². The smallest absolute Gasteiger partial charge is 0.342 e. The number of esters is 1. The molecule has 6 nitrogen and oxygen atoms in total. The van der Waals surface area contributed by atoms with Crippen LogP contribution in [0, 0.1) is 0 Å². The van der Waals surface area contributed by atoms with E-state index in [1.807, 2.05) is 37.7 Å². The number of hydrogen-bond donors (Lipinski definition) is 1. The van der Waals surface area contributed by atoms with Gasteiger partial charge in [0.1, 0.15) is 17.2 Å². The summed E-state index contributed by atoms with van der Waals surface area (Å²) in [6.07, 6.45) is 4.80. The highest BCUT2D eigenvalue weighted by molar-refractivity contribution is 6.04. The van der Waals surface area contributed by atoms with Crippen LogP contribution in [0.25, 0.3) is 11.0 Å². The summed E-state index contributed by atoms with van der Waals surface area (Å²) in [7, 11) is 3.80. The Labute approximate surface area is 142 Å². The first kappa shape index (κ1) is 16.8. The molecule has 1 N–H and O–H groups in total. The van der Waals surface area contributed by atoms with Crippen LogP contribution < -0.4 is 10.1 Å². The van der Waals surface area contributed by atoms with Crippen LogP contribution >= 0.6 is 0 Å². The predicted octanol–water partition coefficient (Wildman–Crippen LogP) is 2.79. The van der Waals surface area contributed by atoms with E-state index in [-0.39, 0.29) is 12.1 Å². The van der Waals surface area contributed by atoms with Crippen LogP contribution in [-0.2, 0) is 18.3 Å². The van der Waals surface area contributed by atoms with Gasteiger partial charge in [-0.1, -0.05) is 0 Å². The molecule has 0 bridgehead atoms. The molecule has 0 aromatic carbocycles. The van der Waals surface area contributed by atoms with Crippen molar-refractivity contribution in [2.45, 2.75) is 45.3 Å². The fraction of sp³-hybridized carbons (Fsp3) is 0.556. The second-order valence-corrected chi connectivity index (χ2v) is 6.17. The third kappa shape index (κ3) is 3.11. The van der Waals surface area contributed by atoms with E-state index in [1.165, 1.54) is 12.8 Å². The van der Waals surface area contributed by atoms with E-state index >= 15 is 0 Å². The quantitative estimate of drug-likeness (QED) is 0.825. The Morgan fingerprint density at radius 3 is 2.79 bits per heavy atom. The van der Waals surface area contributed by atoms with Crippen molar-refractivity contribution in [2.24, 2.45) is 7.05 Å². The van der Waals surface area contributed by atoms with E-state index in [0.29, 0.717) is 30.1 Å². The number of aryl methyl sites for hydroxylation is 1. The van der Waals surface area contributed by atoms with Gasteiger partial charge in [0.2, 0.25) is 5.88 Å². The number of rotatable bonds is 6. The van der Waals surface area contributed by atoms with Gasteiger partial charge in [-0.15, -0.1) is 0 Å². The Hall–Kier alpha value is -2.08. The summed E-state index contributed by atoms with van der Waals surface area (Å²) in [5.74, 6) is 0.250. The minimum Gasteiger partial charge on any atom is -0.474 e. The summed E-state index contributed by atoms with van der Waals surface area (Å²) in [4.78, 5) is 17.1. The van der Waals surface area contributed by atoms with Gasteiger partial charge in [-0.05, 0) is 45.7 Å². The van der Waals surface area contributed by atoms with Crippen molar-refractivity contribution >= 4 is 17.0 Å². The third-order valence-electron chi connectivity index (χ3n) is 4.55. The van der Waals surface area contributed by atoms with E-state index < -0.39 is 0 Å². The van der Waals surface area contributed by atoms with Crippen LogP contribution in [0.5, 0.6) is 5.88 Å². The van der Waals surface area contributed by atoms with Gasteiger partial charge < -0.3 is 19.4 Å². The zero-order valence-electron chi connectivity index (χ0n) is 14.6. The number of carbonyl (C=O) groups excluding carboxylic acids is 1. The van der Waals surface area contributed by atoms with Crippen molar-refractivity contribution in [3.63, 3.8) is 0 Å². The normalized spacial score (nSPS) is 15.1. The molecule has 130 valence electrons. The highest BCUT2D eigenvalue weighted by Gasteiger charge is 2.24. The lowest BCUT2D eigenvalue weighted by molar-refractivity contribution is 0.0526. The molecule has 2 heterocycles. The summed E-state index contributed by atoms with van der Waals surface area (Å²) >= 11 is 0. The van der Waals surface area contributed by atoms with Crippen LogP contribution in [0.4, 0.5) is 0 Å². The Bertz CT molecular complexity index is 733. The Balaban J connectivity index is 2.04. The van der Waals surface area contributed by atoms with Crippen LogP contribution in [0.3, 0.4) is 0 Å². The minimum atomic E-state index is -0.334. The molecule has 3 rings (SSSR count). The van der Waals surface area contributed by atoms with Gasteiger partial charge in [0.05, 0.1) is 12.1 Å². The van der Waals surface area contributed by atoms with E-state index in [4.69, 9.17) is 9.47 Å². The molecule has 1 saturated carbocycles. The van der Waals surface area contributed by atoms with Gasteiger partial charge in [-0.2, -0.15) is 0 Å². The van der Waals surface area contributed by atoms with Crippen LogP contribution in [0.15, 0.2) is 12.1 Å². The fourth-order valence-electron chi connectivity index (χ4n) is 3.37. The highest BCUT2D eigenvalue weighted by Crippen LogP contribution is 2.29. The molecule has 0 amide bonds. The molecule has 2 aromatic rings. The molecule has 0 spiro atoms. The first-order valence-electron chi connectivity index (χ1n) is 8.62. The standard InChI is InChI=1S/C18H25N3O3/c1-4-23-18(22)16-14(11-19-2)21(3)13-9-10-15(20-17(13)16)24-12-7-5-6-8-12/h9-10,12,19H,4-8,11H2,1-3H3. The maximum Gasteiger partial charge on any atom is 0.342 e. The van der Waals surface area contributed by atoms with Crippen molar-refractivity contribution in [3.8, 4) is 5.88 Å². The van der Waals surface area contributed by atoms with Gasteiger partial charge in [-0.3, -0.25) is 0 Å². The SMILES string of the molecule is CCOC(=O)c1c(CNC)n(C)c2ccc(OC3CCCC3)nc12. The molecule has 0 atom stereocenters. The lowest BCUT2D eigenvalue weighted by Crippen LogP contribution is -2.15. The third-order valence-corrected chi connectivity index (χ3v) is 4.55. The number of aromatic nitrogens is 2. The first-order chi connectivity index (χ1) is 11.7. The Morgan fingerprint density at radius 2 is 2.12 bits per heavy atom. The fourth-order valence-corrected chi connectivity index (χ4v) is 3.37. The largest absolute Gasteiger partial charge is 0.474 e. The summed E-state index contributed by atoms with van der Waals surface area (Å²) < 4.78 is 13.2. The van der Waals surface area contributed by atoms with E-state index in [9.17, 15) is 4.79 Å². The molecule has 0 saturated heterocycles. The molecular weight excluding hydrogens is 306 g/mol. The maximum absolute atomic E-state index is 12.5. The molecule has 6 heteroatoms. The first-order valence-corrected chi connectivity index (χ1v) is 8.62. The predicted molar refractivity (Wildman–Crippen MR) is 92.3 cm³/mol. The van der Waals surface area contributed by atoms with Crippen LogP contribution in [-0.4, -0.2) is 35.3 Å². The van der Waals surface area contributed by atoms with Gasteiger partial charge in [-0.25, -0.2) is 9.78 Å². The molecule has 0 unspecified atom stereocenters. The van der Waals surface area contributed by atoms with Crippen LogP contribution in [0.1, 0.15) is 48.7 Å². The summed E-state index contributed by atoms with van der Waals surface area (Å²) in [6, 6.07) is 3.85. The summed E-state index contributed by atoms with van der Waals surface area (Å²) in [5, 5.41) is 3.11. The molecule has 0 radical (unpaired) electrons. The second-order valence-electron chi connectivity index (χ2n) is 6.17. The molecular formula is C18H25N3O3. The van der Waals surface area contributed by atoms with Gasteiger partial charge in [0.15, 0.2) is 0 Å². The van der Waals surface area contributed by atoms with Gasteiger partial charge in [0, 0.05) is 25.4 Å². The average molecular weight is 331 g/mol. The lowest BCUT2D eigenvalue weighted by Gasteiger charge is -2.12. The number of nitrogens with zero attached hydrogens (tertiary/aromatic N) is 2. The summed E-state index contributed by atoms with van der Waals surface area (Å²) in [5.41, 5.74) is 2.95. The molecule has 24 heavy (non-hydrogen) atoms. The summed E-state index contributed by atoms with van der Waals surface area (Å²) in [6.45, 7) is 2.72. The molecule has 1 fully saturated rings. The number of hydrogen-bond acceptors (Lipinski definition) is 5. The maximum atomic E-state index is 12.5. The van der Waals surface area contributed by atoms with Gasteiger partial charge >= 0.3 is 5.97 Å². The van der Waals surface area contributed by atoms with Gasteiger partial charge in [0.25, 0.3) is 0 Å². The second kappa shape index (κ2) is 7.21. The van der Waals surface area contributed by atoms with Crippen molar-refractivity contribution in [3.05, 3.63) is 23.4 Å².